The number of rotatable bonds is 5. The lowest BCUT2D eigenvalue weighted by Crippen LogP contribution is -2.22. The van der Waals surface area contributed by atoms with Crippen LogP contribution in [0.15, 0.2) is 24.5 Å². The molecule has 2 heterocycles. The highest BCUT2D eigenvalue weighted by atomic mass is 16.3. The van der Waals surface area contributed by atoms with Crippen LogP contribution in [0.1, 0.15) is 24.6 Å². The zero-order chi connectivity index (χ0) is 13.1. The van der Waals surface area contributed by atoms with Gasteiger partial charge in [-0.15, -0.1) is 0 Å². The van der Waals surface area contributed by atoms with Crippen molar-refractivity contribution in [2.24, 2.45) is 0 Å². The minimum atomic E-state index is -0.239. The summed E-state index contributed by atoms with van der Waals surface area (Å²) in [6.07, 6.45) is 4.54. The number of aromatic nitrogens is 2. The van der Waals surface area contributed by atoms with Gasteiger partial charge < -0.3 is 14.4 Å². The summed E-state index contributed by atoms with van der Waals surface area (Å²) in [5.74, 6) is 0. The van der Waals surface area contributed by atoms with Gasteiger partial charge in [0, 0.05) is 19.3 Å². The Morgan fingerprint density at radius 2 is 2.28 bits per heavy atom. The van der Waals surface area contributed by atoms with Crippen molar-refractivity contribution < 1.29 is 5.11 Å². The number of aliphatic hydroxyl groups is 1. The first kappa shape index (κ1) is 13.1. The highest BCUT2D eigenvalue weighted by Crippen LogP contribution is 2.12. The average molecular weight is 247 g/mol. The van der Waals surface area contributed by atoms with E-state index in [4.69, 9.17) is 0 Å². The molecule has 0 spiro atoms. The normalized spacial score (nSPS) is 13.4. The topological polar surface area (TPSA) is 40.8 Å². The lowest BCUT2D eigenvalue weighted by Gasteiger charge is -2.17. The molecule has 1 N–H and O–H groups in total. The van der Waals surface area contributed by atoms with Crippen LogP contribution in [0.25, 0.3) is 5.65 Å². The van der Waals surface area contributed by atoms with Crippen molar-refractivity contribution in [1.29, 1.82) is 0 Å². The predicted octanol–water partition coefficient (Wildman–Crippen LogP) is 1.85. The Hall–Kier alpha value is -1.39. The molecular formula is C14H21N3O. The molecule has 2 rings (SSSR count). The summed E-state index contributed by atoms with van der Waals surface area (Å²) in [6.45, 7) is 5.63. The fourth-order valence-corrected chi connectivity index (χ4v) is 2.08. The van der Waals surface area contributed by atoms with Gasteiger partial charge in [0.2, 0.25) is 0 Å². The SMILES string of the molecule is Cc1cccn2c(CN(C)CCC(C)O)cnc12. The highest BCUT2D eigenvalue weighted by Gasteiger charge is 2.08. The van der Waals surface area contributed by atoms with Crippen molar-refractivity contribution in [3.8, 4) is 0 Å². The van der Waals surface area contributed by atoms with E-state index in [1.54, 1.807) is 0 Å². The second-order valence-electron chi connectivity index (χ2n) is 5.01. The van der Waals surface area contributed by atoms with E-state index in [2.05, 4.69) is 34.3 Å². The van der Waals surface area contributed by atoms with E-state index in [0.717, 1.165) is 25.2 Å². The number of hydrogen-bond acceptors (Lipinski definition) is 3. The Labute approximate surface area is 108 Å². The van der Waals surface area contributed by atoms with Crippen molar-refractivity contribution in [2.75, 3.05) is 13.6 Å². The van der Waals surface area contributed by atoms with Crippen molar-refractivity contribution >= 4 is 5.65 Å². The van der Waals surface area contributed by atoms with Crippen LogP contribution < -0.4 is 0 Å². The standard InChI is InChI=1S/C14H21N3O/c1-11-5-4-7-17-13(9-15-14(11)17)10-16(3)8-6-12(2)18/h4-5,7,9,12,18H,6,8,10H2,1-3H3. The Morgan fingerprint density at radius 1 is 1.50 bits per heavy atom. The third kappa shape index (κ3) is 2.89. The first-order valence-corrected chi connectivity index (χ1v) is 6.36. The van der Waals surface area contributed by atoms with Crippen molar-refractivity contribution in [3.63, 3.8) is 0 Å². The average Bonchev–Trinajstić information content (AvgIpc) is 2.72. The summed E-state index contributed by atoms with van der Waals surface area (Å²) in [6, 6.07) is 4.12. The number of aryl methyl sites for hydroxylation is 1. The van der Waals surface area contributed by atoms with E-state index in [9.17, 15) is 5.11 Å². The van der Waals surface area contributed by atoms with E-state index in [0.29, 0.717) is 0 Å². The summed E-state index contributed by atoms with van der Waals surface area (Å²) >= 11 is 0. The molecule has 1 atom stereocenters. The number of hydrogen-bond donors (Lipinski definition) is 1. The fraction of sp³-hybridized carbons (Fsp3) is 0.500. The summed E-state index contributed by atoms with van der Waals surface area (Å²) < 4.78 is 2.13. The van der Waals surface area contributed by atoms with Gasteiger partial charge in [0.1, 0.15) is 5.65 Å². The largest absolute Gasteiger partial charge is 0.393 e. The first-order chi connectivity index (χ1) is 8.58. The monoisotopic (exact) mass is 247 g/mol. The summed E-state index contributed by atoms with van der Waals surface area (Å²) in [5.41, 5.74) is 3.40. The van der Waals surface area contributed by atoms with Crippen LogP contribution in [-0.2, 0) is 6.54 Å². The maximum atomic E-state index is 9.29. The lowest BCUT2D eigenvalue weighted by molar-refractivity contribution is 0.162. The van der Waals surface area contributed by atoms with Crippen LogP contribution in [0.4, 0.5) is 0 Å². The molecule has 0 radical (unpaired) electrons. The fourth-order valence-electron chi connectivity index (χ4n) is 2.08. The lowest BCUT2D eigenvalue weighted by atomic mass is 10.2. The molecule has 18 heavy (non-hydrogen) atoms. The first-order valence-electron chi connectivity index (χ1n) is 6.36. The van der Waals surface area contributed by atoms with Crippen LogP contribution in [-0.4, -0.2) is 39.1 Å². The molecule has 0 amide bonds. The molecule has 0 saturated carbocycles. The van der Waals surface area contributed by atoms with Gasteiger partial charge in [-0.25, -0.2) is 4.98 Å². The number of pyridine rings is 1. The maximum Gasteiger partial charge on any atom is 0.139 e. The van der Waals surface area contributed by atoms with Crippen molar-refractivity contribution in [3.05, 3.63) is 35.8 Å². The molecule has 0 aliphatic carbocycles. The molecule has 2 aromatic rings. The second-order valence-corrected chi connectivity index (χ2v) is 5.01. The molecule has 0 bridgehead atoms. The highest BCUT2D eigenvalue weighted by molar-refractivity contribution is 5.48. The number of nitrogens with zero attached hydrogens (tertiary/aromatic N) is 3. The number of imidazole rings is 1. The van der Waals surface area contributed by atoms with Gasteiger partial charge in [-0.3, -0.25) is 0 Å². The zero-order valence-corrected chi connectivity index (χ0v) is 11.3. The Balaban J connectivity index is 2.10. The van der Waals surface area contributed by atoms with Gasteiger partial charge >= 0.3 is 0 Å². The van der Waals surface area contributed by atoms with Crippen LogP contribution >= 0.6 is 0 Å². The van der Waals surface area contributed by atoms with Crippen LogP contribution in [0, 0.1) is 6.92 Å². The number of fused-ring (bicyclic) bond motifs is 1. The third-order valence-corrected chi connectivity index (χ3v) is 3.17. The molecule has 4 heteroatoms. The van der Waals surface area contributed by atoms with Crippen LogP contribution in [0.3, 0.4) is 0 Å². The predicted molar refractivity (Wildman–Crippen MR) is 72.6 cm³/mol. The Bertz CT molecular complexity index is 519. The molecule has 0 aliphatic rings. The van der Waals surface area contributed by atoms with Crippen LogP contribution in [0.2, 0.25) is 0 Å². The van der Waals surface area contributed by atoms with Crippen molar-refractivity contribution in [1.82, 2.24) is 14.3 Å². The Morgan fingerprint density at radius 3 is 3.00 bits per heavy atom. The minimum Gasteiger partial charge on any atom is -0.393 e. The Kier molecular flexibility index (Phi) is 3.99. The smallest absolute Gasteiger partial charge is 0.139 e. The zero-order valence-electron chi connectivity index (χ0n) is 11.3. The summed E-state index contributed by atoms with van der Waals surface area (Å²) in [7, 11) is 2.07. The second kappa shape index (κ2) is 5.50. The van der Waals surface area contributed by atoms with E-state index >= 15 is 0 Å². The van der Waals surface area contributed by atoms with Gasteiger partial charge in [-0.05, 0) is 38.9 Å². The van der Waals surface area contributed by atoms with Crippen LogP contribution in [0.5, 0.6) is 0 Å². The van der Waals surface area contributed by atoms with Crippen molar-refractivity contribution in [2.45, 2.75) is 32.9 Å². The number of aliphatic hydroxyl groups excluding tert-OH is 1. The molecule has 0 aliphatic heterocycles. The molecule has 0 aromatic carbocycles. The molecule has 1 unspecified atom stereocenters. The summed E-state index contributed by atoms with van der Waals surface area (Å²) in [4.78, 5) is 6.66. The third-order valence-electron chi connectivity index (χ3n) is 3.17. The molecule has 0 fully saturated rings. The molecular weight excluding hydrogens is 226 g/mol. The van der Waals surface area contributed by atoms with Gasteiger partial charge in [0.25, 0.3) is 0 Å². The van der Waals surface area contributed by atoms with Gasteiger partial charge in [0.15, 0.2) is 0 Å². The molecule has 98 valence electrons. The van der Waals surface area contributed by atoms with E-state index < -0.39 is 0 Å². The van der Waals surface area contributed by atoms with Gasteiger partial charge in [0.05, 0.1) is 18.0 Å². The molecule has 2 aromatic heterocycles. The molecule has 4 nitrogen and oxygen atoms in total. The van der Waals surface area contributed by atoms with E-state index in [-0.39, 0.29) is 6.10 Å². The van der Waals surface area contributed by atoms with Gasteiger partial charge in [-0.1, -0.05) is 6.07 Å². The summed E-state index contributed by atoms with van der Waals surface area (Å²) in [5, 5.41) is 9.29. The van der Waals surface area contributed by atoms with E-state index in [1.165, 1.54) is 11.3 Å². The van der Waals surface area contributed by atoms with Gasteiger partial charge in [-0.2, -0.15) is 0 Å². The molecule has 0 saturated heterocycles. The maximum absolute atomic E-state index is 9.29. The quantitative estimate of drug-likeness (QED) is 0.876. The minimum absolute atomic E-state index is 0.239. The van der Waals surface area contributed by atoms with E-state index in [1.807, 2.05) is 25.4 Å².